The second kappa shape index (κ2) is 21.1. The number of fused-ring (bicyclic) bond motifs is 3. The third kappa shape index (κ3) is 11.3. The molecule has 3 unspecified atom stereocenters. The van der Waals surface area contributed by atoms with Gasteiger partial charge in [0, 0.05) is 35.8 Å². The number of benzene rings is 3. The minimum absolute atomic E-state index is 0. The molecule has 3 heterocycles. The molecule has 10 nitrogen and oxygen atoms in total. The van der Waals surface area contributed by atoms with Crippen molar-refractivity contribution in [3.8, 4) is 6.07 Å². The van der Waals surface area contributed by atoms with Crippen molar-refractivity contribution in [2.24, 2.45) is 0 Å². The van der Waals surface area contributed by atoms with E-state index >= 15 is 0 Å². The van der Waals surface area contributed by atoms with Crippen LogP contribution in [0.4, 0.5) is 0 Å². The van der Waals surface area contributed by atoms with Crippen LogP contribution in [0.15, 0.2) is 91.0 Å². The molecule has 0 aliphatic heterocycles. The number of hydrogen-bond donors (Lipinski definition) is 4. The van der Waals surface area contributed by atoms with Gasteiger partial charge in [-0.15, -0.1) is 46.4 Å². The summed E-state index contributed by atoms with van der Waals surface area (Å²) in [5, 5.41) is 46.0. The first kappa shape index (κ1) is 42.1. The van der Waals surface area contributed by atoms with Gasteiger partial charge in [-0.25, -0.2) is 14.5 Å². The lowest BCUT2D eigenvalue weighted by atomic mass is 10.2. The molecule has 6 rings (SSSR count). The number of esters is 1. The van der Waals surface area contributed by atoms with Crippen LogP contribution in [0.3, 0.4) is 0 Å². The molecule has 4 N–H and O–H groups in total. The average molecular weight is 734 g/mol. The number of nitriles is 1. The third-order valence-corrected chi connectivity index (χ3v) is 9.63. The number of aliphatic hydroxyl groups is 2. The van der Waals surface area contributed by atoms with Crippen LogP contribution < -0.4 is 0 Å². The minimum atomic E-state index is -1.41. The van der Waals surface area contributed by atoms with Gasteiger partial charge in [0.1, 0.15) is 0 Å². The third-order valence-electron chi connectivity index (χ3n) is 6.14. The van der Waals surface area contributed by atoms with Crippen molar-refractivity contribution in [1.82, 2.24) is 0 Å². The first-order chi connectivity index (χ1) is 22.2. The van der Waals surface area contributed by atoms with Gasteiger partial charge in [0.25, 0.3) is 0 Å². The second-order valence-electron chi connectivity index (χ2n) is 9.15. The lowest BCUT2D eigenvalue weighted by Crippen LogP contribution is -2.14. The van der Waals surface area contributed by atoms with E-state index in [0.717, 1.165) is 35.1 Å². The highest BCUT2D eigenvalue weighted by molar-refractivity contribution is 7.19. The number of carbonyl (C=O) groups is 2. The number of thiophene rings is 3. The molecule has 6 aromatic rings. The fourth-order valence-corrected chi connectivity index (χ4v) is 7.20. The molecule has 0 aliphatic carbocycles. The van der Waals surface area contributed by atoms with Crippen LogP contribution >= 0.6 is 46.4 Å². The Labute approximate surface area is 296 Å². The number of halogens is 1. The summed E-state index contributed by atoms with van der Waals surface area (Å²) < 4.78 is 13.1. The number of carboxylic acid groups (broad SMARTS) is 1. The largest absolute Gasteiger partial charge is 0.479 e. The summed E-state index contributed by atoms with van der Waals surface area (Å²) >= 11 is 4.31. The number of rotatable bonds is 6. The van der Waals surface area contributed by atoms with Gasteiger partial charge in [-0.2, -0.15) is 5.26 Å². The van der Waals surface area contributed by atoms with Crippen molar-refractivity contribution in [3.63, 3.8) is 0 Å². The highest BCUT2D eigenvalue weighted by atomic mass is 35.5. The van der Waals surface area contributed by atoms with Crippen LogP contribution in [0.25, 0.3) is 30.3 Å². The van der Waals surface area contributed by atoms with Crippen LogP contribution in [0, 0.1) is 11.3 Å². The van der Waals surface area contributed by atoms with Crippen molar-refractivity contribution >= 4 is 88.6 Å². The molecule has 14 heteroatoms. The zero-order valence-electron chi connectivity index (χ0n) is 25.3. The Hall–Kier alpha value is -3.94. The Bertz CT molecular complexity index is 1820. The van der Waals surface area contributed by atoms with Crippen molar-refractivity contribution in [2.75, 3.05) is 21.3 Å². The van der Waals surface area contributed by atoms with Crippen LogP contribution in [0.1, 0.15) is 40.4 Å². The van der Waals surface area contributed by atoms with Crippen LogP contribution in [0.5, 0.6) is 0 Å². The molecular formula is C34H36ClNO9S3. The fourth-order valence-electron chi connectivity index (χ4n) is 4.03. The number of nitrogens with zero attached hydrogens (tertiary/aromatic N) is 1. The van der Waals surface area contributed by atoms with E-state index in [1.54, 1.807) is 17.4 Å². The Morgan fingerprint density at radius 2 is 1.10 bits per heavy atom. The number of carboxylic acids is 1. The monoisotopic (exact) mass is 733 g/mol. The number of ether oxygens (including phenoxy) is 2. The number of aliphatic hydroxyl groups excluding tert-OH is 2. The number of aliphatic carboxylic acids is 1. The summed E-state index contributed by atoms with van der Waals surface area (Å²) in [6, 6.07) is 30.7. The molecule has 256 valence electrons. The van der Waals surface area contributed by atoms with E-state index in [1.807, 2.05) is 91.0 Å². The van der Waals surface area contributed by atoms with Crippen LogP contribution in [-0.2, 0) is 24.0 Å². The Morgan fingerprint density at radius 1 is 0.729 bits per heavy atom. The Kier molecular flexibility index (Phi) is 18.5. The zero-order chi connectivity index (χ0) is 33.6. The van der Waals surface area contributed by atoms with E-state index < -0.39 is 24.3 Å². The highest BCUT2D eigenvalue weighted by Gasteiger charge is 2.23. The molecule has 0 fully saturated rings. The lowest BCUT2D eigenvalue weighted by molar-refractivity contribution is -0.214. The molecule has 0 amide bonds. The Morgan fingerprint density at radius 3 is 1.48 bits per heavy atom. The van der Waals surface area contributed by atoms with Gasteiger partial charge in [-0.1, -0.05) is 62.0 Å². The molecule has 3 aromatic carbocycles. The van der Waals surface area contributed by atoms with Gasteiger partial charge >= 0.3 is 11.9 Å². The molecule has 0 spiro atoms. The predicted molar refractivity (Wildman–Crippen MR) is 194 cm³/mol. The molecule has 0 saturated carbocycles. The molecule has 3 atom stereocenters. The zero-order valence-corrected chi connectivity index (χ0v) is 28.6. The molecule has 0 radical (unpaired) electrons. The van der Waals surface area contributed by atoms with Gasteiger partial charge < -0.3 is 24.8 Å². The van der Waals surface area contributed by atoms with E-state index in [-0.39, 0.29) is 25.8 Å². The summed E-state index contributed by atoms with van der Waals surface area (Å²) in [4.78, 5) is 27.3. The normalized spacial score (nSPS) is 11.8. The SMILES string of the molecule is C.COC(=O)C(OC)c1cc2ccccc2s1.COO.Cl.N#CC(O)c1cc2ccccc2s1.O=C(O)C(O)c1cc2ccccc2s1. The second-order valence-corrected chi connectivity index (χ2v) is 12.5. The topological polar surface area (TPSA) is 167 Å². The van der Waals surface area contributed by atoms with E-state index in [1.165, 1.54) is 44.0 Å². The van der Waals surface area contributed by atoms with Crippen molar-refractivity contribution in [3.05, 3.63) is 106 Å². The standard InChI is InChI=1S/C12H12O3S.C10H7NOS.C10H8O3S.CH4O2.CH4.ClH/c1-14-11(12(13)15-2)10-7-8-5-3-4-6-9(8)16-10;11-6-8(12)10-5-7-3-1-2-4-9(7)13-10;11-9(10(12)13)8-5-6-3-1-2-4-7(6)14-8;1-3-2;;/h3-7,11H,1-2H3;1-5,8,12H;1-5,9,11H,(H,12,13);2H,1H3;1H4;1H. The van der Waals surface area contributed by atoms with Crippen molar-refractivity contribution < 1.29 is 44.5 Å². The minimum Gasteiger partial charge on any atom is -0.479 e. The van der Waals surface area contributed by atoms with Gasteiger partial charge in [0.05, 0.1) is 20.3 Å². The van der Waals surface area contributed by atoms with Gasteiger partial charge in [-0.3, -0.25) is 5.26 Å². The average Bonchev–Trinajstić information content (AvgIpc) is 3.81. The molecule has 0 bridgehead atoms. The number of carbonyl (C=O) groups excluding carboxylic acids is 1. The van der Waals surface area contributed by atoms with E-state index in [9.17, 15) is 19.8 Å². The van der Waals surface area contributed by atoms with Gasteiger partial charge in [0.15, 0.2) is 18.3 Å². The summed E-state index contributed by atoms with van der Waals surface area (Å²) in [6.45, 7) is 0. The predicted octanol–water partition coefficient (Wildman–Crippen LogP) is 8.40. The highest BCUT2D eigenvalue weighted by Crippen LogP contribution is 2.32. The molecule has 0 aliphatic rings. The number of methoxy groups -OCH3 is 2. The maximum absolute atomic E-state index is 11.5. The number of hydrogen-bond acceptors (Lipinski definition) is 12. The smallest absolute Gasteiger partial charge is 0.340 e. The van der Waals surface area contributed by atoms with E-state index in [2.05, 4.69) is 4.89 Å². The quantitative estimate of drug-likeness (QED) is 0.0565. The van der Waals surface area contributed by atoms with Crippen molar-refractivity contribution in [1.29, 1.82) is 5.26 Å². The van der Waals surface area contributed by atoms with Gasteiger partial charge in [-0.05, 0) is 52.6 Å². The summed E-state index contributed by atoms with van der Waals surface area (Å²) in [5.74, 6) is -1.58. The van der Waals surface area contributed by atoms with Gasteiger partial charge in [0.2, 0.25) is 0 Å². The van der Waals surface area contributed by atoms with Crippen LogP contribution in [-0.4, -0.2) is 53.8 Å². The fraction of sp³-hybridized carbons (Fsp3) is 0.206. The van der Waals surface area contributed by atoms with E-state index in [4.69, 9.17) is 25.1 Å². The first-order valence-electron chi connectivity index (χ1n) is 13.4. The molecule has 0 saturated heterocycles. The first-order valence-corrected chi connectivity index (χ1v) is 15.8. The molecule has 3 aromatic heterocycles. The van der Waals surface area contributed by atoms with E-state index in [0.29, 0.717) is 9.75 Å². The van der Waals surface area contributed by atoms with Crippen molar-refractivity contribution in [2.45, 2.75) is 25.7 Å². The summed E-state index contributed by atoms with van der Waals surface area (Å²) in [5.41, 5.74) is 0. The molecule has 48 heavy (non-hydrogen) atoms. The summed E-state index contributed by atoms with van der Waals surface area (Å²) in [6.07, 6.45) is -3.02. The molecular weight excluding hydrogens is 698 g/mol. The maximum Gasteiger partial charge on any atom is 0.340 e. The summed E-state index contributed by atoms with van der Waals surface area (Å²) in [7, 11) is 4.05. The Balaban J connectivity index is 0.000000340. The maximum atomic E-state index is 11.5. The lowest BCUT2D eigenvalue weighted by Gasteiger charge is -2.09. The van der Waals surface area contributed by atoms with Crippen LogP contribution in [0.2, 0.25) is 0 Å².